The van der Waals surface area contributed by atoms with E-state index in [-0.39, 0.29) is 11.8 Å². The summed E-state index contributed by atoms with van der Waals surface area (Å²) >= 11 is 0. The first-order chi connectivity index (χ1) is 15.2. The Morgan fingerprint density at radius 1 is 1.16 bits per heavy atom. The second kappa shape index (κ2) is 8.29. The number of hydrogen-bond donors (Lipinski definition) is 0. The van der Waals surface area contributed by atoms with Crippen LogP contribution in [-0.4, -0.2) is 48.6 Å². The summed E-state index contributed by atoms with van der Waals surface area (Å²) in [5, 5.41) is 5.27. The van der Waals surface area contributed by atoms with Gasteiger partial charge in [0.1, 0.15) is 0 Å². The van der Waals surface area contributed by atoms with Crippen LogP contribution in [0.5, 0.6) is 0 Å². The maximum absolute atomic E-state index is 12.7. The Balaban J connectivity index is 1.16. The predicted molar refractivity (Wildman–Crippen MR) is 115 cm³/mol. The smallest absolute Gasteiger partial charge is 0.240 e. The monoisotopic (exact) mass is 416 g/mol. The first-order valence-electron chi connectivity index (χ1n) is 10.6. The van der Waals surface area contributed by atoms with Gasteiger partial charge in [0.2, 0.25) is 23.4 Å². The van der Waals surface area contributed by atoms with Crippen molar-refractivity contribution in [1.29, 1.82) is 0 Å². The fourth-order valence-electron chi connectivity index (χ4n) is 4.31. The molecule has 0 aliphatic carbocycles. The summed E-state index contributed by atoms with van der Waals surface area (Å²) in [7, 11) is 2.06. The normalized spacial score (nSPS) is 16.3. The zero-order valence-corrected chi connectivity index (χ0v) is 17.4. The Labute approximate surface area is 179 Å². The second-order valence-electron chi connectivity index (χ2n) is 7.99. The number of aryl methyl sites for hydroxylation is 2. The Bertz CT molecular complexity index is 1200. The zero-order chi connectivity index (χ0) is 21.2. The van der Waals surface area contributed by atoms with Gasteiger partial charge in [0.15, 0.2) is 0 Å². The number of fused-ring (bicyclic) bond motifs is 1. The van der Waals surface area contributed by atoms with Gasteiger partial charge in [-0.3, -0.25) is 4.79 Å². The number of para-hydroxylation sites is 1. The van der Waals surface area contributed by atoms with Crippen LogP contribution in [0.25, 0.3) is 22.6 Å². The first kappa shape index (κ1) is 19.4. The maximum atomic E-state index is 12.7. The number of nitrogens with zero attached hydrogens (tertiary/aromatic N) is 6. The van der Waals surface area contributed by atoms with E-state index in [1.54, 1.807) is 18.5 Å². The molecule has 0 radical (unpaired) electrons. The summed E-state index contributed by atoms with van der Waals surface area (Å²) in [6, 6.07) is 10.1. The van der Waals surface area contributed by atoms with Crippen molar-refractivity contribution < 1.29 is 9.32 Å². The fraction of sp³-hybridized carbons (Fsp3) is 0.348. The standard InChI is InChI=1S/C23H24N6O2/c1-28-14-16(18-7-2-3-8-19(18)28)6-4-9-20(30)29-13-10-17(15-29)23-26-22(27-31-23)21-24-11-5-12-25-21/h2-3,5,7-8,11-12,14,17H,4,6,9-10,13,15H2,1H3/t17-/m0/s1. The van der Waals surface area contributed by atoms with Crippen molar-refractivity contribution in [2.75, 3.05) is 13.1 Å². The summed E-state index contributed by atoms with van der Waals surface area (Å²) in [5.41, 5.74) is 2.53. The van der Waals surface area contributed by atoms with Crippen molar-refractivity contribution in [1.82, 2.24) is 29.6 Å². The third-order valence-corrected chi connectivity index (χ3v) is 5.91. The molecule has 0 N–H and O–H groups in total. The Morgan fingerprint density at radius 3 is 2.87 bits per heavy atom. The molecular formula is C23H24N6O2. The summed E-state index contributed by atoms with van der Waals surface area (Å²) < 4.78 is 7.58. The molecule has 8 nitrogen and oxygen atoms in total. The maximum Gasteiger partial charge on any atom is 0.240 e. The van der Waals surface area contributed by atoms with E-state index in [1.165, 1.54) is 16.5 Å². The van der Waals surface area contributed by atoms with Crippen molar-refractivity contribution in [2.45, 2.75) is 31.6 Å². The topological polar surface area (TPSA) is 89.9 Å². The van der Waals surface area contributed by atoms with Crippen LogP contribution in [0.2, 0.25) is 0 Å². The molecule has 158 valence electrons. The van der Waals surface area contributed by atoms with E-state index in [1.807, 2.05) is 4.90 Å². The van der Waals surface area contributed by atoms with E-state index >= 15 is 0 Å². The quantitative estimate of drug-likeness (QED) is 0.479. The Morgan fingerprint density at radius 2 is 2.00 bits per heavy atom. The van der Waals surface area contributed by atoms with Gasteiger partial charge in [0.25, 0.3) is 0 Å². The molecule has 8 heteroatoms. The lowest BCUT2D eigenvalue weighted by atomic mass is 10.1. The number of hydrogen-bond acceptors (Lipinski definition) is 6. The molecule has 4 heterocycles. The molecule has 1 fully saturated rings. The van der Waals surface area contributed by atoms with Crippen LogP contribution in [0.4, 0.5) is 0 Å². The molecular weight excluding hydrogens is 392 g/mol. The Kier molecular flexibility index (Phi) is 5.19. The highest BCUT2D eigenvalue weighted by Gasteiger charge is 2.31. The highest BCUT2D eigenvalue weighted by Crippen LogP contribution is 2.28. The van der Waals surface area contributed by atoms with E-state index in [0.717, 1.165) is 25.8 Å². The van der Waals surface area contributed by atoms with Gasteiger partial charge in [-0.05, 0) is 37.0 Å². The molecule has 0 saturated carbocycles. The summed E-state index contributed by atoms with van der Waals surface area (Å²) in [6.07, 6.45) is 8.57. The van der Waals surface area contributed by atoms with Gasteiger partial charge in [0.05, 0.1) is 5.92 Å². The van der Waals surface area contributed by atoms with Crippen LogP contribution < -0.4 is 0 Å². The average molecular weight is 416 g/mol. The van der Waals surface area contributed by atoms with E-state index in [9.17, 15) is 4.79 Å². The zero-order valence-electron chi connectivity index (χ0n) is 17.4. The van der Waals surface area contributed by atoms with Crippen LogP contribution in [0.1, 0.15) is 36.6 Å². The molecule has 0 spiro atoms. The van der Waals surface area contributed by atoms with E-state index in [4.69, 9.17) is 4.52 Å². The van der Waals surface area contributed by atoms with Crippen molar-refractivity contribution in [3.63, 3.8) is 0 Å². The third kappa shape index (κ3) is 3.93. The highest BCUT2D eigenvalue weighted by molar-refractivity contribution is 5.84. The molecule has 4 aromatic rings. The first-order valence-corrected chi connectivity index (χ1v) is 10.6. The summed E-state index contributed by atoms with van der Waals surface area (Å²) in [6.45, 7) is 1.34. The minimum Gasteiger partial charge on any atom is -0.350 e. The number of aromatic nitrogens is 5. The van der Waals surface area contributed by atoms with Crippen molar-refractivity contribution in [2.24, 2.45) is 7.05 Å². The van der Waals surface area contributed by atoms with Crippen molar-refractivity contribution in [3.8, 4) is 11.6 Å². The number of amides is 1. The predicted octanol–water partition coefficient (Wildman–Crippen LogP) is 3.36. The molecule has 0 unspecified atom stereocenters. The van der Waals surface area contributed by atoms with E-state index in [2.05, 4.69) is 62.2 Å². The lowest BCUT2D eigenvalue weighted by Gasteiger charge is -2.15. The number of rotatable bonds is 6. The molecule has 1 amide bonds. The number of carbonyl (C=O) groups excluding carboxylic acids is 1. The minimum absolute atomic E-state index is 0.0620. The lowest BCUT2D eigenvalue weighted by Crippen LogP contribution is -2.28. The van der Waals surface area contributed by atoms with Crippen molar-refractivity contribution >= 4 is 16.8 Å². The molecule has 1 atom stereocenters. The second-order valence-corrected chi connectivity index (χ2v) is 7.99. The van der Waals surface area contributed by atoms with Gasteiger partial charge < -0.3 is 14.0 Å². The molecule has 0 bridgehead atoms. The molecule has 31 heavy (non-hydrogen) atoms. The van der Waals surface area contributed by atoms with Crippen molar-refractivity contribution in [3.05, 3.63) is 60.4 Å². The molecule has 3 aromatic heterocycles. The molecule has 1 aliphatic heterocycles. The van der Waals surface area contributed by atoms with E-state index < -0.39 is 0 Å². The molecule has 1 aromatic carbocycles. The summed E-state index contributed by atoms with van der Waals surface area (Å²) in [5.74, 6) is 1.63. The number of likely N-dealkylation sites (tertiary alicyclic amines) is 1. The van der Waals surface area contributed by atoms with Crippen LogP contribution in [0, 0.1) is 0 Å². The van der Waals surface area contributed by atoms with Gasteiger partial charge in [0, 0.05) is 56.1 Å². The Hall–Kier alpha value is -3.55. The fourth-order valence-corrected chi connectivity index (χ4v) is 4.31. The van der Waals surface area contributed by atoms with Crippen LogP contribution in [0.3, 0.4) is 0 Å². The summed E-state index contributed by atoms with van der Waals surface area (Å²) in [4.78, 5) is 27.4. The highest BCUT2D eigenvalue weighted by atomic mass is 16.5. The lowest BCUT2D eigenvalue weighted by molar-refractivity contribution is -0.130. The average Bonchev–Trinajstić information content (AvgIpc) is 3.54. The van der Waals surface area contributed by atoms with Gasteiger partial charge in [-0.1, -0.05) is 23.4 Å². The third-order valence-electron chi connectivity index (χ3n) is 5.91. The SMILES string of the molecule is Cn1cc(CCCC(=O)N2CC[C@H](c3nc(-c4ncccn4)no3)C2)c2ccccc21. The minimum atomic E-state index is 0.0620. The van der Waals surface area contributed by atoms with Crippen LogP contribution >= 0.6 is 0 Å². The van der Waals surface area contributed by atoms with Crippen LogP contribution in [-0.2, 0) is 18.3 Å². The van der Waals surface area contributed by atoms with Gasteiger partial charge in [-0.15, -0.1) is 0 Å². The number of carbonyl (C=O) groups is 1. The van der Waals surface area contributed by atoms with Crippen LogP contribution in [0.15, 0.2) is 53.4 Å². The molecule has 1 saturated heterocycles. The molecule has 1 aliphatic rings. The van der Waals surface area contributed by atoms with E-state index in [0.29, 0.717) is 30.5 Å². The van der Waals surface area contributed by atoms with Gasteiger partial charge >= 0.3 is 0 Å². The largest absolute Gasteiger partial charge is 0.350 e. The van der Waals surface area contributed by atoms with Gasteiger partial charge in [-0.2, -0.15) is 4.98 Å². The number of benzene rings is 1. The molecule has 5 rings (SSSR count). The van der Waals surface area contributed by atoms with Gasteiger partial charge in [-0.25, -0.2) is 9.97 Å².